The van der Waals surface area contributed by atoms with E-state index in [4.69, 9.17) is 9.47 Å². The lowest BCUT2D eigenvalue weighted by Crippen LogP contribution is -2.48. The molecule has 2 aromatic rings. The van der Waals surface area contributed by atoms with Crippen molar-refractivity contribution in [2.45, 2.75) is 6.04 Å². The van der Waals surface area contributed by atoms with E-state index in [0.29, 0.717) is 23.7 Å². The van der Waals surface area contributed by atoms with Crippen molar-refractivity contribution in [2.75, 3.05) is 45.7 Å². The number of amides is 1. The van der Waals surface area contributed by atoms with Gasteiger partial charge in [-0.3, -0.25) is 14.7 Å². The Morgan fingerprint density at radius 3 is 2.96 bits per heavy atom. The molecule has 0 spiro atoms. The van der Waals surface area contributed by atoms with Crippen molar-refractivity contribution in [3.05, 3.63) is 48.3 Å². The number of pyridine rings is 1. The number of methoxy groups -OCH3 is 2. The first-order valence-electron chi connectivity index (χ1n) is 8.58. The Labute approximate surface area is 153 Å². The van der Waals surface area contributed by atoms with Gasteiger partial charge >= 0.3 is 0 Å². The number of nitrogens with zero attached hydrogens (tertiary/aromatic N) is 2. The summed E-state index contributed by atoms with van der Waals surface area (Å²) in [6.45, 7) is 2.73. The van der Waals surface area contributed by atoms with Crippen LogP contribution in [0, 0.1) is 0 Å². The minimum absolute atomic E-state index is 0.0904. The van der Waals surface area contributed by atoms with Gasteiger partial charge in [-0.1, -0.05) is 6.07 Å². The third-order valence-corrected chi connectivity index (χ3v) is 4.45. The Morgan fingerprint density at radius 1 is 1.35 bits per heavy atom. The number of piperazine rings is 1. The minimum Gasteiger partial charge on any atom is -0.497 e. The van der Waals surface area contributed by atoms with Crippen LogP contribution in [-0.2, 0) is 4.79 Å². The van der Waals surface area contributed by atoms with E-state index >= 15 is 0 Å². The van der Waals surface area contributed by atoms with Gasteiger partial charge < -0.3 is 20.1 Å². The second kappa shape index (κ2) is 8.64. The zero-order valence-electron chi connectivity index (χ0n) is 15.1. The molecule has 26 heavy (non-hydrogen) atoms. The van der Waals surface area contributed by atoms with Crippen molar-refractivity contribution in [2.24, 2.45) is 0 Å². The summed E-state index contributed by atoms with van der Waals surface area (Å²) in [6.07, 6.45) is 3.61. The Kier molecular flexibility index (Phi) is 6.04. The average molecular weight is 356 g/mol. The van der Waals surface area contributed by atoms with E-state index in [-0.39, 0.29) is 11.9 Å². The lowest BCUT2D eigenvalue weighted by molar-refractivity contribution is -0.118. The molecule has 2 N–H and O–H groups in total. The molecule has 1 atom stereocenters. The van der Waals surface area contributed by atoms with Crippen LogP contribution in [0.15, 0.2) is 42.7 Å². The molecule has 0 radical (unpaired) electrons. The maximum absolute atomic E-state index is 12.6. The summed E-state index contributed by atoms with van der Waals surface area (Å²) in [5.41, 5.74) is 1.70. The Morgan fingerprint density at radius 2 is 2.23 bits per heavy atom. The molecule has 0 aliphatic carbocycles. The summed E-state index contributed by atoms with van der Waals surface area (Å²) in [4.78, 5) is 19.0. The van der Waals surface area contributed by atoms with Crippen LogP contribution in [0.2, 0.25) is 0 Å². The van der Waals surface area contributed by atoms with Gasteiger partial charge in [0.2, 0.25) is 5.91 Å². The van der Waals surface area contributed by atoms with Gasteiger partial charge in [-0.15, -0.1) is 0 Å². The molecule has 1 unspecified atom stereocenters. The van der Waals surface area contributed by atoms with Gasteiger partial charge in [0, 0.05) is 44.1 Å². The van der Waals surface area contributed by atoms with Crippen molar-refractivity contribution < 1.29 is 14.3 Å². The predicted molar refractivity (Wildman–Crippen MR) is 99.6 cm³/mol. The van der Waals surface area contributed by atoms with Gasteiger partial charge in [-0.05, 0) is 23.8 Å². The number of anilines is 1. The first kappa shape index (κ1) is 18.2. The first-order valence-corrected chi connectivity index (χ1v) is 8.58. The topological polar surface area (TPSA) is 75.7 Å². The SMILES string of the molecule is COc1ccc(OC)c(NC(=O)CN2CCNCC2c2cccnc2)c1. The second-order valence-electron chi connectivity index (χ2n) is 6.09. The highest BCUT2D eigenvalue weighted by Crippen LogP contribution is 2.29. The molecule has 1 aromatic heterocycles. The number of nitrogens with one attached hydrogen (secondary N) is 2. The zero-order chi connectivity index (χ0) is 18.4. The number of hydrogen-bond donors (Lipinski definition) is 2. The van der Waals surface area contributed by atoms with Gasteiger partial charge in [0.05, 0.1) is 26.5 Å². The van der Waals surface area contributed by atoms with Gasteiger partial charge in [-0.25, -0.2) is 0 Å². The van der Waals surface area contributed by atoms with E-state index in [1.54, 1.807) is 38.6 Å². The van der Waals surface area contributed by atoms with Crippen molar-refractivity contribution in [1.82, 2.24) is 15.2 Å². The largest absolute Gasteiger partial charge is 0.497 e. The summed E-state index contributed by atoms with van der Waals surface area (Å²) in [5, 5.41) is 6.32. The Hall–Kier alpha value is -2.64. The van der Waals surface area contributed by atoms with Gasteiger partial charge in [-0.2, -0.15) is 0 Å². The smallest absolute Gasteiger partial charge is 0.238 e. The highest BCUT2D eigenvalue weighted by Gasteiger charge is 2.26. The van der Waals surface area contributed by atoms with Crippen molar-refractivity contribution in [1.29, 1.82) is 0 Å². The normalized spacial score (nSPS) is 17.5. The van der Waals surface area contributed by atoms with Crippen LogP contribution in [0.4, 0.5) is 5.69 Å². The molecule has 3 rings (SSSR count). The van der Waals surface area contributed by atoms with Crippen LogP contribution < -0.4 is 20.1 Å². The van der Waals surface area contributed by atoms with Crippen LogP contribution in [0.1, 0.15) is 11.6 Å². The van der Waals surface area contributed by atoms with E-state index in [9.17, 15) is 4.79 Å². The summed E-state index contributed by atoms with van der Waals surface area (Å²) in [7, 11) is 3.17. The van der Waals surface area contributed by atoms with Crippen molar-refractivity contribution in [3.8, 4) is 11.5 Å². The van der Waals surface area contributed by atoms with E-state index in [0.717, 1.165) is 25.2 Å². The number of hydrogen-bond acceptors (Lipinski definition) is 6. The quantitative estimate of drug-likeness (QED) is 0.820. The first-order chi connectivity index (χ1) is 12.7. The molecule has 1 saturated heterocycles. The molecule has 0 saturated carbocycles. The monoisotopic (exact) mass is 356 g/mol. The minimum atomic E-state index is -0.0904. The summed E-state index contributed by atoms with van der Waals surface area (Å²) in [6, 6.07) is 9.41. The number of rotatable bonds is 6. The molecule has 1 aliphatic rings. The molecular formula is C19H24N4O3. The fourth-order valence-corrected chi connectivity index (χ4v) is 3.12. The highest BCUT2D eigenvalue weighted by molar-refractivity contribution is 5.94. The fraction of sp³-hybridized carbons (Fsp3) is 0.368. The molecule has 1 aromatic carbocycles. The van der Waals surface area contributed by atoms with E-state index in [1.165, 1.54) is 0 Å². The van der Waals surface area contributed by atoms with E-state index in [1.807, 2.05) is 18.3 Å². The molecule has 1 amide bonds. The van der Waals surface area contributed by atoms with Crippen LogP contribution in [-0.4, -0.2) is 56.2 Å². The Balaban J connectivity index is 1.70. The molecule has 7 heteroatoms. The predicted octanol–water partition coefficient (Wildman–Crippen LogP) is 1.68. The molecule has 0 bridgehead atoms. The number of ether oxygens (including phenoxy) is 2. The molecule has 2 heterocycles. The lowest BCUT2D eigenvalue weighted by Gasteiger charge is -2.35. The van der Waals surface area contributed by atoms with Gasteiger partial charge in [0.25, 0.3) is 0 Å². The van der Waals surface area contributed by atoms with Crippen molar-refractivity contribution in [3.63, 3.8) is 0 Å². The molecular weight excluding hydrogens is 332 g/mol. The number of benzene rings is 1. The third-order valence-electron chi connectivity index (χ3n) is 4.45. The molecule has 7 nitrogen and oxygen atoms in total. The number of carbonyl (C=O) groups excluding carboxylic acids is 1. The summed E-state index contributed by atoms with van der Waals surface area (Å²) >= 11 is 0. The summed E-state index contributed by atoms with van der Waals surface area (Å²) < 4.78 is 10.6. The lowest BCUT2D eigenvalue weighted by atomic mass is 10.1. The van der Waals surface area contributed by atoms with Crippen LogP contribution >= 0.6 is 0 Å². The van der Waals surface area contributed by atoms with Crippen molar-refractivity contribution >= 4 is 11.6 Å². The summed E-state index contributed by atoms with van der Waals surface area (Å²) in [5.74, 6) is 1.17. The van der Waals surface area contributed by atoms with E-state index in [2.05, 4.69) is 20.5 Å². The van der Waals surface area contributed by atoms with Crippen LogP contribution in [0.3, 0.4) is 0 Å². The Bertz CT molecular complexity index is 739. The molecule has 1 aliphatic heterocycles. The van der Waals surface area contributed by atoms with E-state index < -0.39 is 0 Å². The maximum atomic E-state index is 12.6. The average Bonchev–Trinajstić information content (AvgIpc) is 2.69. The number of aromatic nitrogens is 1. The zero-order valence-corrected chi connectivity index (χ0v) is 15.1. The van der Waals surface area contributed by atoms with Gasteiger partial charge in [0.1, 0.15) is 11.5 Å². The maximum Gasteiger partial charge on any atom is 0.238 e. The van der Waals surface area contributed by atoms with Crippen LogP contribution in [0.5, 0.6) is 11.5 Å². The highest BCUT2D eigenvalue weighted by atomic mass is 16.5. The number of carbonyl (C=O) groups is 1. The second-order valence-corrected chi connectivity index (χ2v) is 6.09. The third kappa shape index (κ3) is 4.30. The molecule has 138 valence electrons. The molecule has 1 fully saturated rings. The fourth-order valence-electron chi connectivity index (χ4n) is 3.12. The standard InChI is InChI=1S/C19H24N4O3/c1-25-15-5-6-18(26-2)16(10-15)22-19(24)13-23-9-8-21-12-17(23)14-4-3-7-20-11-14/h3-7,10-11,17,21H,8-9,12-13H2,1-2H3,(H,22,24). The van der Waals surface area contributed by atoms with Gasteiger partial charge in [0.15, 0.2) is 0 Å². The van der Waals surface area contributed by atoms with Crippen LogP contribution in [0.25, 0.3) is 0 Å².